The summed E-state index contributed by atoms with van der Waals surface area (Å²) in [6.07, 6.45) is 0.364. The van der Waals surface area contributed by atoms with E-state index in [0.717, 1.165) is 37.8 Å². The molecule has 1 N–H and O–H groups in total. The molecule has 8 heteroatoms. The number of methoxy groups -OCH3 is 1. The molecule has 0 radical (unpaired) electrons. The summed E-state index contributed by atoms with van der Waals surface area (Å²) in [6, 6.07) is 8.49. The molecular weight excluding hydrogens is 375 g/mol. The van der Waals surface area contributed by atoms with Crippen LogP contribution in [0.4, 0.5) is 13.2 Å². The summed E-state index contributed by atoms with van der Waals surface area (Å²) in [5.74, 6) is -0.365. The molecule has 0 amide bonds. The molecule has 1 heterocycles. The molecule has 28 heavy (non-hydrogen) atoms. The predicted octanol–water partition coefficient (Wildman–Crippen LogP) is 3.62. The molecule has 2 atom stereocenters. The second-order valence-electron chi connectivity index (χ2n) is 7.48. The van der Waals surface area contributed by atoms with Gasteiger partial charge >= 0.3 is 12.1 Å². The lowest BCUT2D eigenvalue weighted by Gasteiger charge is -2.37. The number of hydrogen-bond acceptors (Lipinski definition) is 4. The summed E-state index contributed by atoms with van der Waals surface area (Å²) in [6.45, 7) is 3.28. The summed E-state index contributed by atoms with van der Waals surface area (Å²) in [5, 5.41) is 7.12. The molecule has 0 bridgehead atoms. The number of hydrogen-bond donors (Lipinski definition) is 1. The van der Waals surface area contributed by atoms with E-state index in [1.54, 1.807) is 7.11 Å². The fourth-order valence-electron chi connectivity index (χ4n) is 3.22. The van der Waals surface area contributed by atoms with Crippen molar-refractivity contribution in [2.24, 2.45) is 11.8 Å². The van der Waals surface area contributed by atoms with Gasteiger partial charge in [0.2, 0.25) is 0 Å². The van der Waals surface area contributed by atoms with Gasteiger partial charge in [-0.15, -0.1) is 0 Å². The second-order valence-corrected chi connectivity index (χ2v) is 7.48. The SMILES string of the molecule is COc1ccc(C[C@H]2CN(C)CC[C@@H]2OCC2CC2)cc1.O=C(O)C(F)(F)F. The molecule has 1 aliphatic carbocycles. The van der Waals surface area contributed by atoms with Gasteiger partial charge in [-0.05, 0) is 56.3 Å². The Hall–Kier alpha value is -1.80. The van der Waals surface area contributed by atoms with E-state index in [2.05, 4.69) is 36.2 Å². The van der Waals surface area contributed by atoms with Gasteiger partial charge < -0.3 is 19.5 Å². The van der Waals surface area contributed by atoms with Crippen molar-refractivity contribution in [3.05, 3.63) is 29.8 Å². The van der Waals surface area contributed by atoms with Crippen LogP contribution in [-0.2, 0) is 16.0 Å². The van der Waals surface area contributed by atoms with Gasteiger partial charge in [-0.3, -0.25) is 0 Å². The van der Waals surface area contributed by atoms with Gasteiger partial charge in [0.15, 0.2) is 0 Å². The molecule has 158 valence electrons. The average molecular weight is 403 g/mol. The van der Waals surface area contributed by atoms with Crippen LogP contribution in [0.25, 0.3) is 0 Å². The van der Waals surface area contributed by atoms with Crippen molar-refractivity contribution in [3.63, 3.8) is 0 Å². The Labute approximate surface area is 163 Å². The first-order chi connectivity index (χ1) is 13.2. The van der Waals surface area contributed by atoms with Crippen LogP contribution in [0.3, 0.4) is 0 Å². The zero-order chi connectivity index (χ0) is 20.7. The lowest BCUT2D eigenvalue weighted by molar-refractivity contribution is -0.192. The average Bonchev–Trinajstić information content (AvgIpc) is 3.46. The highest BCUT2D eigenvalue weighted by molar-refractivity contribution is 5.73. The maximum atomic E-state index is 10.6. The van der Waals surface area contributed by atoms with Gasteiger partial charge in [-0.1, -0.05) is 12.1 Å². The monoisotopic (exact) mass is 403 g/mol. The van der Waals surface area contributed by atoms with Crippen LogP contribution in [-0.4, -0.2) is 62.1 Å². The Balaban J connectivity index is 0.000000345. The summed E-state index contributed by atoms with van der Waals surface area (Å²) in [5.41, 5.74) is 1.39. The van der Waals surface area contributed by atoms with Crippen molar-refractivity contribution in [3.8, 4) is 5.75 Å². The molecule has 1 saturated heterocycles. The molecule has 1 aliphatic heterocycles. The van der Waals surface area contributed by atoms with E-state index in [-0.39, 0.29) is 0 Å². The molecule has 3 rings (SSSR count). The molecule has 2 fully saturated rings. The third-order valence-corrected chi connectivity index (χ3v) is 5.01. The van der Waals surface area contributed by atoms with Crippen molar-refractivity contribution in [2.45, 2.75) is 38.0 Å². The second kappa shape index (κ2) is 10.1. The minimum atomic E-state index is -5.08. The van der Waals surface area contributed by atoms with Crippen LogP contribution in [0.15, 0.2) is 24.3 Å². The number of carboxylic acids is 1. The van der Waals surface area contributed by atoms with Gasteiger partial charge in [-0.2, -0.15) is 13.2 Å². The minimum absolute atomic E-state index is 0.434. The van der Waals surface area contributed by atoms with Gasteiger partial charge in [0.05, 0.1) is 13.2 Å². The molecule has 1 aromatic rings. The molecule has 1 aromatic carbocycles. The number of carbonyl (C=O) groups is 1. The number of piperidine rings is 1. The summed E-state index contributed by atoms with van der Waals surface area (Å²) >= 11 is 0. The Kier molecular flexibility index (Phi) is 8.12. The largest absolute Gasteiger partial charge is 0.497 e. The summed E-state index contributed by atoms with van der Waals surface area (Å²) in [4.78, 5) is 11.3. The number of halogens is 3. The zero-order valence-electron chi connectivity index (χ0n) is 16.2. The lowest BCUT2D eigenvalue weighted by atomic mass is 9.88. The van der Waals surface area contributed by atoms with Crippen LogP contribution in [0.5, 0.6) is 5.75 Å². The molecular formula is C20H28F3NO4. The molecule has 2 aliphatic rings. The standard InChI is InChI=1S/C18H27NO2.C2HF3O2/c1-19-10-9-18(21-13-15-3-4-15)16(12-19)11-14-5-7-17(20-2)8-6-14;3-2(4,5)1(6)7/h5-8,15-16,18H,3-4,9-13H2,1-2H3;(H,6,7)/t16-,18-;/m0./s1. The maximum Gasteiger partial charge on any atom is 0.490 e. The predicted molar refractivity (Wildman–Crippen MR) is 98.5 cm³/mol. The van der Waals surface area contributed by atoms with E-state index in [1.807, 2.05) is 0 Å². The van der Waals surface area contributed by atoms with Crippen molar-refractivity contribution in [2.75, 3.05) is 33.9 Å². The molecule has 0 spiro atoms. The van der Waals surface area contributed by atoms with Crippen LogP contribution >= 0.6 is 0 Å². The number of alkyl halides is 3. The molecule has 0 aromatic heterocycles. The quantitative estimate of drug-likeness (QED) is 0.786. The van der Waals surface area contributed by atoms with Crippen LogP contribution in [0, 0.1) is 11.8 Å². The Morgan fingerprint density at radius 3 is 2.32 bits per heavy atom. The molecule has 0 unspecified atom stereocenters. The van der Waals surface area contributed by atoms with Crippen LogP contribution in [0.1, 0.15) is 24.8 Å². The first-order valence-electron chi connectivity index (χ1n) is 9.42. The van der Waals surface area contributed by atoms with E-state index in [4.69, 9.17) is 19.4 Å². The maximum absolute atomic E-state index is 10.6. The summed E-state index contributed by atoms with van der Waals surface area (Å²) in [7, 11) is 3.94. The van der Waals surface area contributed by atoms with Gasteiger partial charge in [0, 0.05) is 25.6 Å². The highest BCUT2D eigenvalue weighted by Gasteiger charge is 2.38. The van der Waals surface area contributed by atoms with Crippen molar-refractivity contribution >= 4 is 5.97 Å². The van der Waals surface area contributed by atoms with E-state index < -0.39 is 12.1 Å². The number of rotatable bonds is 6. The van der Waals surface area contributed by atoms with Gasteiger partial charge in [0.25, 0.3) is 0 Å². The van der Waals surface area contributed by atoms with E-state index in [9.17, 15) is 13.2 Å². The number of ether oxygens (including phenoxy) is 2. The number of benzene rings is 1. The zero-order valence-corrected chi connectivity index (χ0v) is 16.2. The Morgan fingerprint density at radius 2 is 1.82 bits per heavy atom. The number of nitrogens with zero attached hydrogens (tertiary/aromatic N) is 1. The number of carboxylic acid groups (broad SMARTS) is 1. The number of aliphatic carboxylic acids is 1. The van der Waals surface area contributed by atoms with Gasteiger partial charge in [0.1, 0.15) is 5.75 Å². The Bertz CT molecular complexity index is 617. The fraction of sp³-hybridized carbons (Fsp3) is 0.650. The fourth-order valence-corrected chi connectivity index (χ4v) is 3.22. The van der Waals surface area contributed by atoms with Crippen LogP contribution in [0.2, 0.25) is 0 Å². The highest BCUT2D eigenvalue weighted by Crippen LogP contribution is 2.31. The van der Waals surface area contributed by atoms with Crippen molar-refractivity contribution in [1.29, 1.82) is 0 Å². The number of likely N-dealkylation sites (tertiary alicyclic amines) is 1. The third-order valence-electron chi connectivity index (χ3n) is 5.01. The Morgan fingerprint density at radius 1 is 1.21 bits per heavy atom. The summed E-state index contributed by atoms with van der Waals surface area (Å²) < 4.78 is 43.2. The minimum Gasteiger partial charge on any atom is -0.497 e. The highest BCUT2D eigenvalue weighted by atomic mass is 19.4. The van der Waals surface area contributed by atoms with E-state index >= 15 is 0 Å². The van der Waals surface area contributed by atoms with E-state index in [1.165, 1.54) is 24.8 Å². The first kappa shape index (κ1) is 22.5. The van der Waals surface area contributed by atoms with E-state index in [0.29, 0.717) is 12.0 Å². The lowest BCUT2D eigenvalue weighted by Crippen LogP contribution is -2.43. The third kappa shape index (κ3) is 7.67. The van der Waals surface area contributed by atoms with Crippen molar-refractivity contribution < 1.29 is 32.5 Å². The topological polar surface area (TPSA) is 59.0 Å². The first-order valence-corrected chi connectivity index (χ1v) is 9.42. The van der Waals surface area contributed by atoms with Crippen molar-refractivity contribution in [1.82, 2.24) is 4.90 Å². The normalized spacial score (nSPS) is 22.9. The van der Waals surface area contributed by atoms with Gasteiger partial charge in [-0.25, -0.2) is 4.79 Å². The molecule has 1 saturated carbocycles. The molecule has 5 nitrogen and oxygen atoms in total. The smallest absolute Gasteiger partial charge is 0.490 e. The van der Waals surface area contributed by atoms with Crippen LogP contribution < -0.4 is 4.74 Å².